The van der Waals surface area contributed by atoms with Gasteiger partial charge in [-0.2, -0.15) is 0 Å². The van der Waals surface area contributed by atoms with Crippen LogP contribution in [0.25, 0.3) is 44.2 Å². The Morgan fingerprint density at radius 2 is 1.02 bits per heavy atom. The minimum Gasteiger partial charge on any atom is -0.458 e. The van der Waals surface area contributed by atoms with Gasteiger partial charge in [-0.1, -0.05) is 97.1 Å². The summed E-state index contributed by atoms with van der Waals surface area (Å²) >= 11 is 0. The number of para-hydroxylation sites is 4. The molecule has 4 heteroatoms. The third-order valence-electron chi connectivity index (χ3n) is 9.17. The molecule has 3 heterocycles. The highest BCUT2D eigenvalue weighted by Crippen LogP contribution is 2.44. The van der Waals surface area contributed by atoms with Crippen molar-refractivity contribution in [3.63, 3.8) is 0 Å². The molecule has 0 unspecified atom stereocenters. The van der Waals surface area contributed by atoms with Crippen molar-refractivity contribution in [3.05, 3.63) is 126 Å². The molecular formula is C39H27BO3. The first kappa shape index (κ1) is 24.4. The summed E-state index contributed by atoms with van der Waals surface area (Å²) in [6.07, 6.45) is 0. The van der Waals surface area contributed by atoms with E-state index in [1.54, 1.807) is 0 Å². The summed E-state index contributed by atoms with van der Waals surface area (Å²) in [5.74, 6) is 3.57. The number of rotatable bonds is 2. The van der Waals surface area contributed by atoms with Gasteiger partial charge in [-0.25, -0.2) is 0 Å². The first-order chi connectivity index (χ1) is 21.1. The van der Waals surface area contributed by atoms with Gasteiger partial charge in [0.2, 0.25) is 0 Å². The SMILES string of the molecule is Cc1cccc2c1Oc1cc(-c3ccccc3-c3cccc4c3oc3c(C)cccc34)cc3c1B2c1cccc(C)c1O3. The number of furan rings is 1. The van der Waals surface area contributed by atoms with Gasteiger partial charge < -0.3 is 13.9 Å². The predicted molar refractivity (Wildman–Crippen MR) is 176 cm³/mol. The van der Waals surface area contributed by atoms with Crippen LogP contribution in [0, 0.1) is 20.8 Å². The number of fused-ring (bicyclic) bond motifs is 7. The summed E-state index contributed by atoms with van der Waals surface area (Å²) in [7, 11) is 0. The van der Waals surface area contributed by atoms with E-state index in [0.717, 1.165) is 89.3 Å². The molecular weight excluding hydrogens is 527 g/mol. The lowest BCUT2D eigenvalue weighted by Crippen LogP contribution is -2.57. The average Bonchev–Trinajstić information content (AvgIpc) is 3.42. The summed E-state index contributed by atoms with van der Waals surface area (Å²) in [5.41, 5.74) is 13.0. The van der Waals surface area contributed by atoms with E-state index in [1.165, 1.54) is 10.9 Å². The maximum Gasteiger partial charge on any atom is 0.260 e. The van der Waals surface area contributed by atoms with E-state index in [2.05, 4.69) is 130 Å². The van der Waals surface area contributed by atoms with Gasteiger partial charge in [0.25, 0.3) is 6.71 Å². The molecule has 1 aromatic heterocycles. The Hall–Kier alpha value is -5.22. The molecule has 6 aromatic carbocycles. The number of ether oxygens (including phenoxy) is 2. The van der Waals surface area contributed by atoms with E-state index in [-0.39, 0.29) is 6.71 Å². The minimum atomic E-state index is 0.0501. The summed E-state index contributed by atoms with van der Waals surface area (Å²) < 4.78 is 20.0. The zero-order valence-corrected chi connectivity index (χ0v) is 24.2. The molecule has 0 atom stereocenters. The maximum atomic E-state index is 6.73. The molecule has 0 radical (unpaired) electrons. The molecule has 7 aromatic rings. The monoisotopic (exact) mass is 554 g/mol. The van der Waals surface area contributed by atoms with Crippen LogP contribution in [-0.4, -0.2) is 6.71 Å². The zero-order valence-electron chi connectivity index (χ0n) is 24.2. The van der Waals surface area contributed by atoms with Crippen LogP contribution in [0.3, 0.4) is 0 Å². The second-order valence-electron chi connectivity index (χ2n) is 11.8. The van der Waals surface area contributed by atoms with Gasteiger partial charge in [0.15, 0.2) is 0 Å². The van der Waals surface area contributed by atoms with Crippen LogP contribution in [0.1, 0.15) is 16.7 Å². The second-order valence-corrected chi connectivity index (χ2v) is 11.8. The van der Waals surface area contributed by atoms with Crippen LogP contribution in [0.15, 0.2) is 114 Å². The number of hydrogen-bond acceptors (Lipinski definition) is 3. The third kappa shape index (κ3) is 3.44. The van der Waals surface area contributed by atoms with E-state index in [0.29, 0.717) is 0 Å². The highest BCUT2D eigenvalue weighted by molar-refractivity contribution is 6.98. The average molecular weight is 554 g/mol. The lowest BCUT2D eigenvalue weighted by Gasteiger charge is -2.34. The molecule has 0 saturated heterocycles. The molecule has 43 heavy (non-hydrogen) atoms. The fourth-order valence-electron chi connectivity index (χ4n) is 7.14. The summed E-state index contributed by atoms with van der Waals surface area (Å²) in [6, 6.07) is 38.6. The molecule has 3 nitrogen and oxygen atoms in total. The van der Waals surface area contributed by atoms with E-state index in [9.17, 15) is 0 Å². The van der Waals surface area contributed by atoms with Crippen molar-refractivity contribution in [2.24, 2.45) is 0 Å². The lowest BCUT2D eigenvalue weighted by atomic mass is 9.34. The standard InChI is InChI=1S/C39H27BO3/c1-22-10-6-15-29-30-17-9-16-28(39(30)43-36(22)29)27-14-5-4-13-26(27)25-20-33-35-34(21-25)42-38-24(3)12-8-19-32(38)40(35)31-18-7-11-23(2)37(31)41-33/h4-21H,1-3H3. The van der Waals surface area contributed by atoms with Gasteiger partial charge in [-0.3, -0.25) is 0 Å². The van der Waals surface area contributed by atoms with Crippen molar-refractivity contribution >= 4 is 45.0 Å². The van der Waals surface area contributed by atoms with Crippen molar-refractivity contribution in [2.45, 2.75) is 20.8 Å². The molecule has 0 amide bonds. The van der Waals surface area contributed by atoms with E-state index < -0.39 is 0 Å². The topological polar surface area (TPSA) is 31.6 Å². The van der Waals surface area contributed by atoms with Crippen molar-refractivity contribution in [1.82, 2.24) is 0 Å². The Morgan fingerprint density at radius 1 is 0.488 bits per heavy atom. The summed E-state index contributed by atoms with van der Waals surface area (Å²) in [5, 5.41) is 2.27. The van der Waals surface area contributed by atoms with Crippen LogP contribution in [0.4, 0.5) is 0 Å². The first-order valence-electron chi connectivity index (χ1n) is 14.8. The largest absolute Gasteiger partial charge is 0.458 e. The molecule has 0 spiro atoms. The molecule has 9 rings (SSSR count). The summed E-state index contributed by atoms with van der Waals surface area (Å²) in [4.78, 5) is 0. The Balaban J connectivity index is 1.29. The molecule has 0 fully saturated rings. The number of aryl methyl sites for hydroxylation is 3. The minimum absolute atomic E-state index is 0.0501. The molecule has 2 aliphatic rings. The van der Waals surface area contributed by atoms with E-state index in [1.807, 2.05) is 0 Å². The first-order valence-corrected chi connectivity index (χ1v) is 14.8. The highest BCUT2D eigenvalue weighted by Gasteiger charge is 2.41. The fourth-order valence-corrected chi connectivity index (χ4v) is 7.14. The summed E-state index contributed by atoms with van der Waals surface area (Å²) in [6.45, 7) is 6.39. The molecule has 0 saturated carbocycles. The van der Waals surface area contributed by atoms with Crippen LogP contribution >= 0.6 is 0 Å². The quantitative estimate of drug-likeness (QED) is 0.201. The smallest absolute Gasteiger partial charge is 0.260 e. The fraction of sp³-hybridized carbons (Fsp3) is 0.0769. The molecule has 0 bridgehead atoms. The van der Waals surface area contributed by atoms with Gasteiger partial charge in [0.05, 0.1) is 0 Å². The van der Waals surface area contributed by atoms with Crippen LogP contribution < -0.4 is 25.9 Å². The lowest BCUT2D eigenvalue weighted by molar-refractivity contribution is 0.461. The van der Waals surface area contributed by atoms with Crippen molar-refractivity contribution < 1.29 is 13.9 Å². The predicted octanol–water partition coefficient (Wildman–Crippen LogP) is 8.57. The van der Waals surface area contributed by atoms with Crippen molar-refractivity contribution in [3.8, 4) is 45.3 Å². The van der Waals surface area contributed by atoms with Crippen LogP contribution in [0.5, 0.6) is 23.0 Å². The highest BCUT2D eigenvalue weighted by atomic mass is 16.5. The Bertz CT molecular complexity index is 2220. The Labute approximate surface area is 250 Å². The third-order valence-corrected chi connectivity index (χ3v) is 9.17. The Morgan fingerprint density at radius 3 is 1.70 bits per heavy atom. The van der Waals surface area contributed by atoms with Crippen molar-refractivity contribution in [2.75, 3.05) is 0 Å². The normalized spacial score (nSPS) is 12.9. The second kappa shape index (κ2) is 8.89. The van der Waals surface area contributed by atoms with Gasteiger partial charge in [-0.05, 0) is 77.2 Å². The number of hydrogen-bond donors (Lipinski definition) is 0. The van der Waals surface area contributed by atoms with Gasteiger partial charge >= 0.3 is 0 Å². The zero-order chi connectivity index (χ0) is 28.8. The van der Waals surface area contributed by atoms with Crippen LogP contribution in [-0.2, 0) is 0 Å². The van der Waals surface area contributed by atoms with Gasteiger partial charge in [-0.15, -0.1) is 0 Å². The molecule has 2 aliphatic heterocycles. The van der Waals surface area contributed by atoms with E-state index >= 15 is 0 Å². The van der Waals surface area contributed by atoms with Crippen molar-refractivity contribution in [1.29, 1.82) is 0 Å². The van der Waals surface area contributed by atoms with Crippen LogP contribution in [0.2, 0.25) is 0 Å². The number of benzene rings is 6. The van der Waals surface area contributed by atoms with E-state index in [4.69, 9.17) is 13.9 Å². The maximum absolute atomic E-state index is 6.73. The molecule has 204 valence electrons. The molecule has 0 N–H and O–H groups in total. The Kier molecular flexibility index (Phi) is 5.04. The van der Waals surface area contributed by atoms with Gasteiger partial charge in [0, 0.05) is 21.8 Å². The van der Waals surface area contributed by atoms with Gasteiger partial charge in [0.1, 0.15) is 34.2 Å². The molecule has 0 aliphatic carbocycles.